The van der Waals surface area contributed by atoms with Gasteiger partial charge in [0.1, 0.15) is 6.04 Å². The maximum atomic E-state index is 12.3. The van der Waals surface area contributed by atoms with Crippen LogP contribution in [0.5, 0.6) is 0 Å². The van der Waals surface area contributed by atoms with E-state index < -0.39 is 41.6 Å². The third-order valence-corrected chi connectivity index (χ3v) is 4.74. The zero-order valence-corrected chi connectivity index (χ0v) is 17.6. The Morgan fingerprint density at radius 1 is 0.966 bits per heavy atom. The fourth-order valence-electron chi connectivity index (χ4n) is 3.01. The van der Waals surface area contributed by atoms with E-state index in [9.17, 15) is 24.0 Å². The van der Waals surface area contributed by atoms with Gasteiger partial charge in [0.05, 0.1) is 18.9 Å². The molecule has 10 nitrogen and oxygen atoms in total. The molecular formula is C19H34N4O6. The van der Waals surface area contributed by atoms with E-state index in [1.807, 2.05) is 13.8 Å². The first-order chi connectivity index (χ1) is 13.5. The number of nitrogens with two attached hydrogens (primary N) is 1. The number of primary amides is 1. The van der Waals surface area contributed by atoms with Gasteiger partial charge in [-0.05, 0) is 11.8 Å². The fraction of sp³-hybridized carbons (Fsp3) is 0.737. The van der Waals surface area contributed by atoms with E-state index in [0.717, 1.165) is 0 Å². The van der Waals surface area contributed by atoms with Gasteiger partial charge in [0.2, 0.25) is 23.6 Å². The lowest BCUT2D eigenvalue weighted by Crippen LogP contribution is -2.48. The molecule has 0 aromatic rings. The standard InChI is InChI=1S/C19H34N4O6/c1-5-12(6-2)13(9-16(26)27)19(29)22-10-15(25)21-8-7-14(24)23-17(11(3)4)18(20)28/h11-13,17H,5-10H2,1-4H3,(H2,20,28)(H,21,25)(H,22,29)(H,23,24)(H,26,27)/t13?,17-/m0/s1. The molecule has 166 valence electrons. The first-order valence-electron chi connectivity index (χ1n) is 9.88. The number of amides is 4. The molecule has 0 saturated heterocycles. The quantitative estimate of drug-likeness (QED) is 0.263. The molecule has 0 spiro atoms. The highest BCUT2D eigenvalue weighted by molar-refractivity contribution is 5.89. The summed E-state index contributed by atoms with van der Waals surface area (Å²) in [4.78, 5) is 58.3. The maximum Gasteiger partial charge on any atom is 0.304 e. The van der Waals surface area contributed by atoms with E-state index in [-0.39, 0.29) is 37.8 Å². The average Bonchev–Trinajstić information content (AvgIpc) is 2.63. The molecule has 4 amide bonds. The Kier molecular flexibility index (Phi) is 12.3. The van der Waals surface area contributed by atoms with Gasteiger partial charge in [0.15, 0.2) is 0 Å². The average molecular weight is 415 g/mol. The SMILES string of the molecule is CCC(CC)C(CC(=O)O)C(=O)NCC(=O)NCCC(=O)N[C@H](C(N)=O)C(C)C. The number of carbonyl (C=O) groups excluding carboxylic acids is 4. The second-order valence-electron chi connectivity index (χ2n) is 7.29. The van der Waals surface area contributed by atoms with E-state index in [4.69, 9.17) is 10.8 Å². The topological polar surface area (TPSA) is 168 Å². The van der Waals surface area contributed by atoms with Crippen LogP contribution in [0.15, 0.2) is 0 Å². The molecule has 0 heterocycles. The van der Waals surface area contributed by atoms with E-state index in [1.54, 1.807) is 13.8 Å². The van der Waals surface area contributed by atoms with Crippen molar-refractivity contribution in [1.82, 2.24) is 16.0 Å². The first-order valence-corrected chi connectivity index (χ1v) is 9.88. The van der Waals surface area contributed by atoms with Gasteiger partial charge in [-0.25, -0.2) is 0 Å². The van der Waals surface area contributed by atoms with Crippen LogP contribution in [0.2, 0.25) is 0 Å². The molecule has 0 aromatic heterocycles. The van der Waals surface area contributed by atoms with Gasteiger partial charge in [0, 0.05) is 13.0 Å². The van der Waals surface area contributed by atoms with Gasteiger partial charge in [-0.15, -0.1) is 0 Å². The molecule has 0 saturated carbocycles. The molecule has 0 rings (SSSR count). The summed E-state index contributed by atoms with van der Waals surface area (Å²) in [6, 6.07) is -0.784. The summed E-state index contributed by atoms with van der Waals surface area (Å²) in [5.74, 6) is -4.05. The molecule has 0 aliphatic heterocycles. The van der Waals surface area contributed by atoms with E-state index in [0.29, 0.717) is 12.8 Å². The number of carbonyl (C=O) groups is 5. The number of carboxylic acids is 1. The second kappa shape index (κ2) is 13.5. The third kappa shape index (κ3) is 10.5. The Morgan fingerprint density at radius 3 is 2.00 bits per heavy atom. The minimum absolute atomic E-state index is 0.0230. The van der Waals surface area contributed by atoms with Crippen LogP contribution in [0.25, 0.3) is 0 Å². The van der Waals surface area contributed by atoms with Crippen molar-refractivity contribution >= 4 is 29.6 Å². The summed E-state index contributed by atoms with van der Waals surface area (Å²) < 4.78 is 0. The normalized spacial score (nSPS) is 12.9. The van der Waals surface area contributed by atoms with Crippen LogP contribution in [0.3, 0.4) is 0 Å². The van der Waals surface area contributed by atoms with Crippen molar-refractivity contribution in [3.63, 3.8) is 0 Å². The molecule has 0 fully saturated rings. The molecule has 10 heteroatoms. The Hall–Kier alpha value is -2.65. The highest BCUT2D eigenvalue weighted by Gasteiger charge is 2.28. The van der Waals surface area contributed by atoms with Crippen LogP contribution in [0.1, 0.15) is 53.4 Å². The van der Waals surface area contributed by atoms with Crippen LogP contribution in [-0.4, -0.2) is 53.8 Å². The highest BCUT2D eigenvalue weighted by atomic mass is 16.4. The van der Waals surface area contributed by atoms with Crippen molar-refractivity contribution < 1.29 is 29.1 Å². The summed E-state index contributed by atoms with van der Waals surface area (Å²) in [6.45, 7) is 6.98. The van der Waals surface area contributed by atoms with Crippen molar-refractivity contribution in [3.05, 3.63) is 0 Å². The third-order valence-electron chi connectivity index (χ3n) is 4.74. The molecule has 29 heavy (non-hydrogen) atoms. The smallest absolute Gasteiger partial charge is 0.304 e. The van der Waals surface area contributed by atoms with Crippen molar-refractivity contribution in [2.45, 2.75) is 59.4 Å². The maximum absolute atomic E-state index is 12.3. The van der Waals surface area contributed by atoms with Crippen molar-refractivity contribution in [2.75, 3.05) is 13.1 Å². The van der Waals surface area contributed by atoms with Crippen LogP contribution < -0.4 is 21.7 Å². The number of nitrogens with one attached hydrogen (secondary N) is 3. The molecule has 0 aliphatic rings. The predicted molar refractivity (Wildman–Crippen MR) is 106 cm³/mol. The number of hydrogen-bond acceptors (Lipinski definition) is 5. The number of rotatable bonds is 14. The zero-order valence-electron chi connectivity index (χ0n) is 17.6. The van der Waals surface area contributed by atoms with E-state index in [2.05, 4.69) is 16.0 Å². The lowest BCUT2D eigenvalue weighted by Gasteiger charge is -2.23. The molecule has 6 N–H and O–H groups in total. The Balaban J connectivity index is 4.43. The van der Waals surface area contributed by atoms with Crippen LogP contribution in [-0.2, 0) is 24.0 Å². The second-order valence-corrected chi connectivity index (χ2v) is 7.29. The van der Waals surface area contributed by atoms with Crippen LogP contribution >= 0.6 is 0 Å². The lowest BCUT2D eigenvalue weighted by molar-refractivity contribution is -0.142. The summed E-state index contributed by atoms with van der Waals surface area (Å²) in [5, 5.41) is 16.5. The van der Waals surface area contributed by atoms with Crippen LogP contribution in [0, 0.1) is 17.8 Å². The first kappa shape index (κ1) is 26.4. The van der Waals surface area contributed by atoms with Gasteiger partial charge in [-0.1, -0.05) is 40.5 Å². The monoisotopic (exact) mass is 414 g/mol. The molecule has 0 aromatic carbocycles. The number of aliphatic carboxylic acids is 1. The fourth-order valence-corrected chi connectivity index (χ4v) is 3.01. The summed E-state index contributed by atoms with van der Waals surface area (Å²) in [5.41, 5.74) is 5.23. The molecule has 0 aliphatic carbocycles. The number of carboxylic acid groups (broad SMARTS) is 1. The van der Waals surface area contributed by atoms with Crippen LogP contribution in [0.4, 0.5) is 0 Å². The summed E-state index contributed by atoms with van der Waals surface area (Å²) in [7, 11) is 0. The molecule has 0 bridgehead atoms. The van der Waals surface area contributed by atoms with E-state index in [1.165, 1.54) is 0 Å². The Labute approximate surface area is 171 Å². The minimum Gasteiger partial charge on any atom is -0.481 e. The van der Waals surface area contributed by atoms with Gasteiger partial charge in [-0.3, -0.25) is 24.0 Å². The lowest BCUT2D eigenvalue weighted by atomic mass is 9.85. The van der Waals surface area contributed by atoms with Gasteiger partial charge >= 0.3 is 5.97 Å². The van der Waals surface area contributed by atoms with Crippen molar-refractivity contribution in [3.8, 4) is 0 Å². The molecule has 0 radical (unpaired) electrons. The zero-order chi connectivity index (χ0) is 22.6. The van der Waals surface area contributed by atoms with Gasteiger partial charge < -0.3 is 26.8 Å². The molecular weight excluding hydrogens is 380 g/mol. The Morgan fingerprint density at radius 2 is 1.55 bits per heavy atom. The van der Waals surface area contributed by atoms with Crippen molar-refractivity contribution in [1.29, 1.82) is 0 Å². The number of hydrogen-bond donors (Lipinski definition) is 5. The highest BCUT2D eigenvalue weighted by Crippen LogP contribution is 2.23. The minimum atomic E-state index is -1.07. The van der Waals surface area contributed by atoms with Gasteiger partial charge in [0.25, 0.3) is 0 Å². The van der Waals surface area contributed by atoms with Crippen molar-refractivity contribution in [2.24, 2.45) is 23.5 Å². The Bertz CT molecular complexity index is 589. The van der Waals surface area contributed by atoms with E-state index >= 15 is 0 Å². The molecule has 1 unspecified atom stereocenters. The molecule has 2 atom stereocenters. The summed E-state index contributed by atoms with van der Waals surface area (Å²) in [6.07, 6.45) is 0.972. The van der Waals surface area contributed by atoms with Gasteiger partial charge in [-0.2, -0.15) is 0 Å². The predicted octanol–water partition coefficient (Wildman–Crippen LogP) is -0.238. The largest absolute Gasteiger partial charge is 0.481 e. The summed E-state index contributed by atoms with van der Waals surface area (Å²) >= 11 is 0.